The topological polar surface area (TPSA) is 51.2 Å². The van der Waals surface area contributed by atoms with Crippen molar-refractivity contribution in [2.45, 2.75) is 13.8 Å². The van der Waals surface area contributed by atoms with Gasteiger partial charge in [0, 0.05) is 10.7 Å². The molecule has 0 atom stereocenters. The number of benzene rings is 1. The molecule has 1 amide bonds. The number of pyridine rings is 1. The molecule has 0 aliphatic rings. The lowest BCUT2D eigenvalue weighted by molar-refractivity contribution is -0.118. The van der Waals surface area contributed by atoms with E-state index in [-0.39, 0.29) is 12.5 Å². The maximum absolute atomic E-state index is 11.8. The quantitative estimate of drug-likeness (QED) is 0.923. The van der Waals surface area contributed by atoms with E-state index in [1.165, 1.54) is 0 Å². The van der Waals surface area contributed by atoms with Gasteiger partial charge in [-0.05, 0) is 43.7 Å². The zero-order valence-electron chi connectivity index (χ0n) is 11.6. The van der Waals surface area contributed by atoms with Gasteiger partial charge in [0.15, 0.2) is 6.61 Å². The smallest absolute Gasteiger partial charge is 0.263 e. The number of aryl methyl sites for hydroxylation is 2. The van der Waals surface area contributed by atoms with E-state index < -0.39 is 0 Å². The lowest BCUT2D eigenvalue weighted by Crippen LogP contribution is -2.21. The highest BCUT2D eigenvalue weighted by Gasteiger charge is 2.10. The molecule has 0 fully saturated rings. The van der Waals surface area contributed by atoms with Crippen molar-refractivity contribution in [2.75, 3.05) is 11.9 Å². The lowest BCUT2D eigenvalue weighted by atomic mass is 10.2. The second kappa shape index (κ2) is 6.78. The predicted molar refractivity (Wildman–Crippen MR) is 84.3 cm³/mol. The summed E-state index contributed by atoms with van der Waals surface area (Å²) in [5.41, 5.74) is 1.60. The summed E-state index contributed by atoms with van der Waals surface area (Å²) in [4.78, 5) is 16.0. The Kier molecular flexibility index (Phi) is 5.04. The van der Waals surface area contributed by atoms with Crippen LogP contribution >= 0.6 is 23.2 Å². The third-order valence-corrected chi connectivity index (χ3v) is 3.20. The van der Waals surface area contributed by atoms with Gasteiger partial charge in [-0.1, -0.05) is 29.3 Å². The van der Waals surface area contributed by atoms with Gasteiger partial charge in [-0.15, -0.1) is 0 Å². The fourth-order valence-electron chi connectivity index (χ4n) is 1.80. The van der Waals surface area contributed by atoms with Crippen LogP contribution in [0.5, 0.6) is 5.75 Å². The fraction of sp³-hybridized carbons (Fsp3) is 0.200. The van der Waals surface area contributed by atoms with E-state index >= 15 is 0 Å². The molecule has 1 aromatic heterocycles. The highest BCUT2D eigenvalue weighted by Crippen LogP contribution is 2.31. The molecule has 0 aliphatic carbocycles. The van der Waals surface area contributed by atoms with Crippen molar-refractivity contribution in [2.24, 2.45) is 0 Å². The molecular weight excluding hydrogens is 311 g/mol. The fourth-order valence-corrected chi connectivity index (χ4v) is 2.45. The Hall–Kier alpha value is -1.78. The van der Waals surface area contributed by atoms with Crippen LogP contribution in [-0.2, 0) is 4.79 Å². The van der Waals surface area contributed by atoms with Crippen LogP contribution in [0.3, 0.4) is 0 Å². The number of carbonyl (C=O) groups is 1. The van der Waals surface area contributed by atoms with Gasteiger partial charge in [0.25, 0.3) is 5.91 Å². The van der Waals surface area contributed by atoms with E-state index in [2.05, 4.69) is 10.3 Å². The molecule has 1 heterocycles. The van der Waals surface area contributed by atoms with E-state index in [4.69, 9.17) is 27.9 Å². The monoisotopic (exact) mass is 324 g/mol. The zero-order chi connectivity index (χ0) is 15.4. The average molecular weight is 325 g/mol. The SMILES string of the molecule is Cc1cccc(NC(=O)COc2c(C)cc(Cl)cc2Cl)n1. The summed E-state index contributed by atoms with van der Waals surface area (Å²) in [5.74, 6) is 0.634. The molecule has 110 valence electrons. The molecule has 2 rings (SSSR count). The molecule has 4 nitrogen and oxygen atoms in total. The van der Waals surface area contributed by atoms with Gasteiger partial charge in [-0.25, -0.2) is 4.98 Å². The number of amides is 1. The highest BCUT2D eigenvalue weighted by molar-refractivity contribution is 6.35. The molecule has 0 aliphatic heterocycles. The molecule has 0 saturated heterocycles. The van der Waals surface area contributed by atoms with E-state index in [0.717, 1.165) is 11.3 Å². The zero-order valence-corrected chi connectivity index (χ0v) is 13.1. The second-order valence-corrected chi connectivity index (χ2v) is 5.38. The van der Waals surface area contributed by atoms with E-state index in [0.29, 0.717) is 21.6 Å². The Morgan fingerprint density at radius 1 is 1.29 bits per heavy atom. The highest BCUT2D eigenvalue weighted by atomic mass is 35.5. The van der Waals surface area contributed by atoms with Crippen LogP contribution in [0, 0.1) is 13.8 Å². The molecule has 0 bridgehead atoms. The molecule has 1 N–H and O–H groups in total. The van der Waals surface area contributed by atoms with Crippen molar-refractivity contribution in [3.63, 3.8) is 0 Å². The van der Waals surface area contributed by atoms with E-state index in [1.54, 1.807) is 18.2 Å². The molecule has 21 heavy (non-hydrogen) atoms. The first kappa shape index (κ1) is 15.6. The number of ether oxygens (including phenoxy) is 1. The lowest BCUT2D eigenvalue weighted by Gasteiger charge is -2.11. The second-order valence-electron chi connectivity index (χ2n) is 4.53. The Labute approximate surface area is 133 Å². The minimum atomic E-state index is -0.307. The first-order valence-corrected chi connectivity index (χ1v) is 7.03. The number of carbonyl (C=O) groups excluding carboxylic acids is 1. The Morgan fingerprint density at radius 2 is 2.05 bits per heavy atom. The summed E-state index contributed by atoms with van der Waals surface area (Å²) in [6.07, 6.45) is 0. The summed E-state index contributed by atoms with van der Waals surface area (Å²) in [7, 11) is 0. The minimum Gasteiger partial charge on any atom is -0.482 e. The van der Waals surface area contributed by atoms with Gasteiger partial charge in [0.1, 0.15) is 11.6 Å². The molecular formula is C15H14Cl2N2O2. The van der Waals surface area contributed by atoms with Crippen LogP contribution in [-0.4, -0.2) is 17.5 Å². The largest absolute Gasteiger partial charge is 0.482 e. The Balaban J connectivity index is 1.99. The molecule has 0 radical (unpaired) electrons. The van der Waals surface area contributed by atoms with Gasteiger partial charge in [-0.2, -0.15) is 0 Å². The first-order chi connectivity index (χ1) is 9.95. The Morgan fingerprint density at radius 3 is 2.71 bits per heavy atom. The third-order valence-electron chi connectivity index (χ3n) is 2.70. The minimum absolute atomic E-state index is 0.155. The number of halogens is 2. The number of hydrogen-bond donors (Lipinski definition) is 1. The van der Waals surface area contributed by atoms with Crippen molar-refractivity contribution >= 4 is 34.9 Å². The van der Waals surface area contributed by atoms with Crippen molar-refractivity contribution in [3.05, 3.63) is 51.6 Å². The van der Waals surface area contributed by atoms with Crippen LogP contribution < -0.4 is 10.1 Å². The molecule has 2 aromatic rings. The standard InChI is InChI=1S/C15H14Cl2N2O2/c1-9-6-11(16)7-12(17)15(9)21-8-14(20)19-13-5-3-4-10(2)18-13/h3-7H,8H2,1-2H3,(H,18,19,20). The van der Waals surface area contributed by atoms with Crippen LogP contribution in [0.25, 0.3) is 0 Å². The maximum Gasteiger partial charge on any atom is 0.263 e. The van der Waals surface area contributed by atoms with Gasteiger partial charge in [0.05, 0.1) is 5.02 Å². The van der Waals surface area contributed by atoms with Gasteiger partial charge in [-0.3, -0.25) is 4.79 Å². The summed E-state index contributed by atoms with van der Waals surface area (Å²) < 4.78 is 5.46. The Bertz CT molecular complexity index is 651. The normalized spacial score (nSPS) is 10.3. The molecule has 0 unspecified atom stereocenters. The number of hydrogen-bond acceptors (Lipinski definition) is 3. The first-order valence-electron chi connectivity index (χ1n) is 6.27. The number of anilines is 1. The molecule has 1 aromatic carbocycles. The molecule has 6 heteroatoms. The van der Waals surface area contributed by atoms with Crippen molar-refractivity contribution in [3.8, 4) is 5.75 Å². The number of aromatic nitrogens is 1. The predicted octanol–water partition coefficient (Wildman–Crippen LogP) is 4.02. The van der Waals surface area contributed by atoms with Crippen LogP contribution in [0.1, 0.15) is 11.3 Å². The third kappa shape index (κ3) is 4.34. The van der Waals surface area contributed by atoms with Gasteiger partial charge >= 0.3 is 0 Å². The van der Waals surface area contributed by atoms with Crippen molar-refractivity contribution < 1.29 is 9.53 Å². The number of rotatable bonds is 4. The van der Waals surface area contributed by atoms with Crippen LogP contribution in [0.2, 0.25) is 10.0 Å². The molecule has 0 saturated carbocycles. The maximum atomic E-state index is 11.8. The van der Waals surface area contributed by atoms with E-state index in [1.807, 2.05) is 26.0 Å². The average Bonchev–Trinajstić information content (AvgIpc) is 2.37. The van der Waals surface area contributed by atoms with Gasteiger partial charge in [0.2, 0.25) is 0 Å². The van der Waals surface area contributed by atoms with Gasteiger partial charge < -0.3 is 10.1 Å². The summed E-state index contributed by atoms with van der Waals surface area (Å²) in [5, 5.41) is 3.56. The summed E-state index contributed by atoms with van der Waals surface area (Å²) in [6, 6.07) is 8.68. The summed E-state index contributed by atoms with van der Waals surface area (Å²) in [6.45, 7) is 3.51. The van der Waals surface area contributed by atoms with Crippen LogP contribution in [0.4, 0.5) is 5.82 Å². The van der Waals surface area contributed by atoms with Crippen molar-refractivity contribution in [1.29, 1.82) is 0 Å². The van der Waals surface area contributed by atoms with Crippen molar-refractivity contribution in [1.82, 2.24) is 4.98 Å². The molecule has 0 spiro atoms. The summed E-state index contributed by atoms with van der Waals surface area (Å²) >= 11 is 11.9. The van der Waals surface area contributed by atoms with Crippen LogP contribution in [0.15, 0.2) is 30.3 Å². The number of nitrogens with one attached hydrogen (secondary N) is 1. The van der Waals surface area contributed by atoms with E-state index in [9.17, 15) is 4.79 Å². The number of nitrogens with zero attached hydrogens (tertiary/aromatic N) is 1.